The minimum Gasteiger partial charge on any atom is -0.468 e. The normalized spacial score (nSPS) is 21.9. The Morgan fingerprint density at radius 1 is 1.05 bits per heavy atom. The van der Waals surface area contributed by atoms with Crippen molar-refractivity contribution < 1.29 is 41.1 Å². The van der Waals surface area contributed by atoms with Crippen LogP contribution in [0.3, 0.4) is 0 Å². The number of halogens is 5. The number of hydrogen-bond acceptors (Lipinski definition) is 4. The van der Waals surface area contributed by atoms with E-state index >= 15 is 0 Å². The van der Waals surface area contributed by atoms with Gasteiger partial charge in [0.15, 0.2) is 0 Å². The summed E-state index contributed by atoms with van der Waals surface area (Å²) in [6.07, 6.45) is -4.74. The standard InChI is InChI=1S/C29H32F5N3O4/c1-16-8-6-7-9-21(16)24-23-15-22(26(39)41-5)25(38)36(23)10-11-37(24)27(40)35(4)17(2)18-12-19(28(3,30)31)14-20(13-18)29(32,33)34/h6-9,12-14,17,22-24H,10-11,15H2,1-5H3. The Morgan fingerprint density at radius 3 is 2.27 bits per heavy atom. The van der Waals surface area contributed by atoms with Gasteiger partial charge in [0.05, 0.1) is 30.8 Å². The third-order valence-corrected chi connectivity index (χ3v) is 8.13. The summed E-state index contributed by atoms with van der Waals surface area (Å²) in [7, 11) is 2.60. The topological polar surface area (TPSA) is 70.2 Å². The van der Waals surface area contributed by atoms with Crippen LogP contribution in [0.15, 0.2) is 42.5 Å². The fraction of sp³-hybridized carbons (Fsp3) is 0.483. The number of fused-ring (bicyclic) bond motifs is 1. The van der Waals surface area contributed by atoms with Gasteiger partial charge in [-0.3, -0.25) is 9.59 Å². The fourth-order valence-electron chi connectivity index (χ4n) is 5.72. The average Bonchev–Trinajstić information content (AvgIpc) is 3.26. The average molecular weight is 582 g/mol. The monoisotopic (exact) mass is 581 g/mol. The minimum atomic E-state index is -4.87. The molecule has 4 atom stereocenters. The van der Waals surface area contributed by atoms with Crippen LogP contribution < -0.4 is 0 Å². The predicted octanol–water partition coefficient (Wildman–Crippen LogP) is 5.69. The maximum Gasteiger partial charge on any atom is 0.416 e. The van der Waals surface area contributed by atoms with E-state index in [1.807, 2.05) is 25.1 Å². The molecule has 2 aromatic rings. The molecule has 0 aliphatic carbocycles. The van der Waals surface area contributed by atoms with E-state index in [0.717, 1.165) is 23.3 Å². The minimum absolute atomic E-state index is 0.0892. The van der Waals surface area contributed by atoms with E-state index in [-0.39, 0.29) is 31.0 Å². The Labute approximate surface area is 234 Å². The van der Waals surface area contributed by atoms with Gasteiger partial charge in [-0.1, -0.05) is 24.3 Å². The number of urea groups is 1. The van der Waals surface area contributed by atoms with Crippen LogP contribution in [0.5, 0.6) is 0 Å². The van der Waals surface area contributed by atoms with Crippen LogP contribution in [-0.4, -0.2) is 65.9 Å². The van der Waals surface area contributed by atoms with Gasteiger partial charge in [-0.2, -0.15) is 13.2 Å². The molecular weight excluding hydrogens is 549 g/mol. The van der Waals surface area contributed by atoms with Crippen molar-refractivity contribution >= 4 is 17.9 Å². The van der Waals surface area contributed by atoms with Crippen LogP contribution in [0.1, 0.15) is 60.2 Å². The number of nitrogens with zero attached hydrogens (tertiary/aromatic N) is 3. The predicted molar refractivity (Wildman–Crippen MR) is 139 cm³/mol. The van der Waals surface area contributed by atoms with Crippen LogP contribution in [-0.2, 0) is 26.4 Å². The Kier molecular flexibility index (Phi) is 8.08. The second-order valence-corrected chi connectivity index (χ2v) is 10.7. The van der Waals surface area contributed by atoms with E-state index in [4.69, 9.17) is 4.74 Å². The molecule has 3 amide bonds. The van der Waals surface area contributed by atoms with E-state index in [9.17, 15) is 36.3 Å². The van der Waals surface area contributed by atoms with E-state index in [2.05, 4.69) is 0 Å². The summed E-state index contributed by atoms with van der Waals surface area (Å²) in [4.78, 5) is 43.8. The summed E-state index contributed by atoms with van der Waals surface area (Å²) >= 11 is 0. The Balaban J connectivity index is 1.72. The number of rotatable bonds is 5. The van der Waals surface area contributed by atoms with E-state index in [1.54, 1.807) is 11.0 Å². The molecule has 4 unspecified atom stereocenters. The van der Waals surface area contributed by atoms with Crippen LogP contribution >= 0.6 is 0 Å². The van der Waals surface area contributed by atoms with Crippen molar-refractivity contribution in [2.45, 2.75) is 57.4 Å². The zero-order chi connectivity index (χ0) is 30.4. The van der Waals surface area contributed by atoms with Crippen molar-refractivity contribution in [3.63, 3.8) is 0 Å². The molecule has 2 aromatic carbocycles. The number of methoxy groups -OCH3 is 1. The highest BCUT2D eigenvalue weighted by molar-refractivity contribution is 5.99. The van der Waals surface area contributed by atoms with Crippen LogP contribution in [0.2, 0.25) is 0 Å². The molecule has 2 heterocycles. The molecule has 0 bridgehead atoms. The third kappa shape index (κ3) is 5.73. The lowest BCUT2D eigenvalue weighted by molar-refractivity contribution is -0.150. The number of benzene rings is 2. The molecule has 7 nitrogen and oxygen atoms in total. The van der Waals surface area contributed by atoms with Crippen LogP contribution in [0, 0.1) is 12.8 Å². The molecule has 222 valence electrons. The maximum absolute atomic E-state index is 14.1. The van der Waals surface area contributed by atoms with Crippen molar-refractivity contribution in [3.8, 4) is 0 Å². The van der Waals surface area contributed by atoms with Gasteiger partial charge in [0, 0.05) is 32.6 Å². The summed E-state index contributed by atoms with van der Waals surface area (Å²) in [6, 6.07) is 6.70. The van der Waals surface area contributed by atoms with Gasteiger partial charge in [-0.15, -0.1) is 0 Å². The lowest BCUT2D eigenvalue weighted by atomic mass is 9.89. The molecule has 2 aliphatic rings. The van der Waals surface area contributed by atoms with Gasteiger partial charge in [0.2, 0.25) is 5.91 Å². The molecule has 0 aromatic heterocycles. The summed E-state index contributed by atoms with van der Waals surface area (Å²) in [5, 5.41) is 0. The number of carbonyl (C=O) groups excluding carboxylic acids is 3. The molecule has 0 saturated carbocycles. The Hall–Kier alpha value is -3.70. The number of ether oxygens (including phenoxy) is 1. The number of piperazine rings is 1. The number of alkyl halides is 5. The molecule has 2 fully saturated rings. The summed E-state index contributed by atoms with van der Waals surface area (Å²) < 4.78 is 73.9. The molecule has 0 N–H and O–H groups in total. The quantitative estimate of drug-likeness (QED) is 0.259. The molecule has 4 rings (SSSR count). The summed E-state index contributed by atoms with van der Waals surface area (Å²) in [6.45, 7) is 4.07. The fourth-order valence-corrected chi connectivity index (χ4v) is 5.72. The molecule has 2 saturated heterocycles. The number of amides is 3. The molecule has 41 heavy (non-hydrogen) atoms. The number of aryl methyl sites for hydroxylation is 1. The van der Waals surface area contributed by atoms with Crippen molar-refractivity contribution in [1.82, 2.24) is 14.7 Å². The molecule has 0 spiro atoms. The summed E-state index contributed by atoms with van der Waals surface area (Å²) in [5.41, 5.74) is -0.541. The molecule has 0 radical (unpaired) electrons. The lowest BCUT2D eigenvalue weighted by Gasteiger charge is -2.47. The van der Waals surface area contributed by atoms with Gasteiger partial charge >= 0.3 is 18.2 Å². The highest BCUT2D eigenvalue weighted by Crippen LogP contribution is 2.42. The van der Waals surface area contributed by atoms with Crippen molar-refractivity contribution in [3.05, 3.63) is 70.3 Å². The van der Waals surface area contributed by atoms with E-state index < -0.39 is 59.3 Å². The van der Waals surface area contributed by atoms with E-state index in [1.165, 1.54) is 30.9 Å². The largest absolute Gasteiger partial charge is 0.468 e. The SMILES string of the molecule is COC(=O)C1CC2C(c3ccccc3C)N(C(=O)N(C)C(C)c3cc(C(C)(F)F)cc(C(F)(F)F)c3)CCN2C1=O. The number of hydrogen-bond donors (Lipinski definition) is 0. The second kappa shape index (κ2) is 10.9. The zero-order valence-electron chi connectivity index (χ0n) is 23.3. The first-order valence-electron chi connectivity index (χ1n) is 13.1. The first-order chi connectivity index (χ1) is 19.1. The van der Waals surface area contributed by atoms with Gasteiger partial charge in [-0.05, 0) is 55.2 Å². The molecule has 2 aliphatic heterocycles. The highest BCUT2D eigenvalue weighted by Gasteiger charge is 2.52. The lowest BCUT2D eigenvalue weighted by Crippen LogP contribution is -2.57. The van der Waals surface area contributed by atoms with Gasteiger partial charge in [0.1, 0.15) is 5.92 Å². The van der Waals surface area contributed by atoms with E-state index in [0.29, 0.717) is 13.0 Å². The number of esters is 1. The smallest absolute Gasteiger partial charge is 0.416 e. The number of carbonyl (C=O) groups is 3. The van der Waals surface area contributed by atoms with Crippen molar-refractivity contribution in [1.29, 1.82) is 0 Å². The van der Waals surface area contributed by atoms with Gasteiger partial charge in [0.25, 0.3) is 5.92 Å². The molecule has 12 heteroatoms. The maximum atomic E-state index is 14.1. The summed E-state index contributed by atoms with van der Waals surface area (Å²) in [5.74, 6) is -5.59. The third-order valence-electron chi connectivity index (χ3n) is 8.13. The second-order valence-electron chi connectivity index (χ2n) is 10.7. The van der Waals surface area contributed by atoms with Crippen LogP contribution in [0.4, 0.5) is 26.7 Å². The van der Waals surface area contributed by atoms with Crippen molar-refractivity contribution in [2.75, 3.05) is 27.2 Å². The Morgan fingerprint density at radius 2 is 1.68 bits per heavy atom. The molecular formula is C29H32F5N3O4. The highest BCUT2D eigenvalue weighted by atomic mass is 19.4. The first kappa shape index (κ1) is 30.3. The van der Waals surface area contributed by atoms with Crippen LogP contribution in [0.25, 0.3) is 0 Å². The first-order valence-corrected chi connectivity index (χ1v) is 13.1. The zero-order valence-corrected chi connectivity index (χ0v) is 23.3. The van der Waals surface area contributed by atoms with Gasteiger partial charge < -0.3 is 19.4 Å². The van der Waals surface area contributed by atoms with Crippen molar-refractivity contribution in [2.24, 2.45) is 5.92 Å². The van der Waals surface area contributed by atoms with Gasteiger partial charge in [-0.25, -0.2) is 13.6 Å². The Bertz CT molecular complexity index is 1310.